The molecule has 4 aromatic rings. The van der Waals surface area contributed by atoms with Crippen LogP contribution in [0.2, 0.25) is 0 Å². The number of carbonyl (C=O) groups excluding carboxylic acids is 2. The van der Waals surface area contributed by atoms with Crippen molar-refractivity contribution in [2.75, 3.05) is 18.6 Å². The molecule has 0 fully saturated rings. The molecular formula is C29H33N5O4. The second-order valence-corrected chi connectivity index (χ2v) is 9.84. The molecule has 198 valence electrons. The van der Waals surface area contributed by atoms with Crippen molar-refractivity contribution in [2.24, 2.45) is 0 Å². The SMILES string of the molecule is CCOc1ccc(N(C(=O)Cn2nnc3ccccc32)[C@@H](C(=O)NC(C)(C)C)c2cccc(OC)c2)cc1. The van der Waals surface area contributed by atoms with Crippen molar-refractivity contribution in [1.29, 1.82) is 0 Å². The van der Waals surface area contributed by atoms with Crippen LogP contribution in [0.1, 0.15) is 39.3 Å². The van der Waals surface area contributed by atoms with Crippen molar-refractivity contribution in [2.45, 2.75) is 45.8 Å². The van der Waals surface area contributed by atoms with Crippen molar-refractivity contribution < 1.29 is 19.1 Å². The Balaban J connectivity index is 1.83. The minimum Gasteiger partial charge on any atom is -0.497 e. The smallest absolute Gasteiger partial charge is 0.249 e. The number of methoxy groups -OCH3 is 1. The minimum atomic E-state index is -0.982. The summed E-state index contributed by atoms with van der Waals surface area (Å²) in [5.41, 5.74) is 2.04. The summed E-state index contributed by atoms with van der Waals surface area (Å²) in [6.07, 6.45) is 0. The van der Waals surface area contributed by atoms with Crippen LogP contribution in [0.3, 0.4) is 0 Å². The van der Waals surface area contributed by atoms with Gasteiger partial charge in [0.15, 0.2) is 0 Å². The molecule has 1 atom stereocenters. The summed E-state index contributed by atoms with van der Waals surface area (Å²) < 4.78 is 12.6. The Bertz CT molecular complexity index is 1410. The Kier molecular flexibility index (Phi) is 7.95. The Morgan fingerprint density at radius 3 is 2.42 bits per heavy atom. The van der Waals surface area contributed by atoms with Gasteiger partial charge in [-0.15, -0.1) is 5.10 Å². The molecule has 0 saturated heterocycles. The van der Waals surface area contributed by atoms with Crippen LogP contribution in [0.5, 0.6) is 11.5 Å². The standard InChI is InChI=1S/C29H33N5O4/c1-6-38-22-16-14-21(15-17-22)34(26(35)19-33-25-13-8-7-12-24(25)31-32-33)27(28(36)30-29(2,3)4)20-10-9-11-23(18-20)37-5/h7-18,27H,6,19H2,1-5H3,(H,30,36)/t27-/m1/s1. The van der Waals surface area contributed by atoms with E-state index in [9.17, 15) is 9.59 Å². The van der Waals surface area contributed by atoms with Gasteiger partial charge in [-0.2, -0.15) is 0 Å². The summed E-state index contributed by atoms with van der Waals surface area (Å²) in [4.78, 5) is 29.5. The lowest BCUT2D eigenvalue weighted by atomic mass is 10.0. The first kappa shape index (κ1) is 26.7. The third-order valence-electron chi connectivity index (χ3n) is 5.81. The van der Waals surface area contributed by atoms with Crippen molar-refractivity contribution in [1.82, 2.24) is 20.3 Å². The molecule has 0 aliphatic carbocycles. The predicted molar refractivity (Wildman–Crippen MR) is 146 cm³/mol. The number of carbonyl (C=O) groups is 2. The first-order chi connectivity index (χ1) is 18.2. The molecule has 9 nitrogen and oxygen atoms in total. The monoisotopic (exact) mass is 515 g/mol. The normalized spacial score (nSPS) is 12.1. The zero-order valence-corrected chi connectivity index (χ0v) is 22.3. The summed E-state index contributed by atoms with van der Waals surface area (Å²) in [6.45, 7) is 8.01. The predicted octanol–water partition coefficient (Wildman–Crippen LogP) is 4.53. The lowest BCUT2D eigenvalue weighted by Gasteiger charge is -2.34. The van der Waals surface area contributed by atoms with Crippen LogP contribution in [-0.2, 0) is 16.1 Å². The van der Waals surface area contributed by atoms with E-state index in [-0.39, 0.29) is 18.4 Å². The van der Waals surface area contributed by atoms with E-state index in [2.05, 4.69) is 15.6 Å². The van der Waals surface area contributed by atoms with E-state index < -0.39 is 11.6 Å². The molecule has 3 aromatic carbocycles. The molecule has 0 aliphatic heterocycles. The average Bonchev–Trinajstić information content (AvgIpc) is 3.29. The summed E-state index contributed by atoms with van der Waals surface area (Å²) in [5.74, 6) is 0.596. The topological polar surface area (TPSA) is 98.6 Å². The number of benzene rings is 3. The molecule has 0 aliphatic rings. The molecule has 1 N–H and O–H groups in total. The maximum Gasteiger partial charge on any atom is 0.249 e. The molecular weight excluding hydrogens is 482 g/mol. The van der Waals surface area contributed by atoms with Gasteiger partial charge in [-0.1, -0.05) is 29.5 Å². The fourth-order valence-electron chi connectivity index (χ4n) is 4.21. The number of amides is 2. The van der Waals surface area contributed by atoms with Crippen molar-refractivity contribution >= 4 is 28.5 Å². The number of fused-ring (bicyclic) bond motifs is 1. The number of hydrogen-bond donors (Lipinski definition) is 1. The van der Waals surface area contributed by atoms with E-state index in [0.717, 1.165) is 5.52 Å². The van der Waals surface area contributed by atoms with Crippen LogP contribution < -0.4 is 19.7 Å². The number of hydrogen-bond acceptors (Lipinski definition) is 6. The maximum atomic E-state index is 14.1. The molecule has 0 radical (unpaired) electrons. The molecule has 0 saturated carbocycles. The first-order valence-electron chi connectivity index (χ1n) is 12.5. The van der Waals surface area contributed by atoms with Gasteiger partial charge in [-0.05, 0) is 81.8 Å². The van der Waals surface area contributed by atoms with Crippen LogP contribution >= 0.6 is 0 Å². The highest BCUT2D eigenvalue weighted by Gasteiger charge is 2.35. The van der Waals surface area contributed by atoms with E-state index in [1.54, 1.807) is 54.3 Å². The third-order valence-corrected chi connectivity index (χ3v) is 5.81. The van der Waals surface area contributed by atoms with Crippen LogP contribution in [0, 0.1) is 0 Å². The summed E-state index contributed by atoms with van der Waals surface area (Å²) >= 11 is 0. The highest BCUT2D eigenvalue weighted by atomic mass is 16.5. The van der Waals surface area contributed by atoms with E-state index in [4.69, 9.17) is 9.47 Å². The maximum absolute atomic E-state index is 14.1. The largest absolute Gasteiger partial charge is 0.497 e. The number of anilines is 1. The molecule has 0 spiro atoms. The van der Waals surface area contributed by atoms with Gasteiger partial charge in [0.2, 0.25) is 11.8 Å². The Hall–Kier alpha value is -4.40. The Labute approximate surface area is 222 Å². The zero-order chi connectivity index (χ0) is 27.3. The molecule has 1 heterocycles. The first-order valence-corrected chi connectivity index (χ1v) is 12.5. The molecule has 0 unspecified atom stereocenters. The van der Waals surface area contributed by atoms with E-state index in [1.807, 2.05) is 58.0 Å². The van der Waals surface area contributed by atoms with Gasteiger partial charge >= 0.3 is 0 Å². The summed E-state index contributed by atoms with van der Waals surface area (Å²) in [7, 11) is 1.56. The number of rotatable bonds is 9. The number of aromatic nitrogens is 3. The number of nitrogens with one attached hydrogen (secondary N) is 1. The molecule has 38 heavy (non-hydrogen) atoms. The van der Waals surface area contributed by atoms with E-state index >= 15 is 0 Å². The Morgan fingerprint density at radius 2 is 1.74 bits per heavy atom. The average molecular weight is 516 g/mol. The molecule has 9 heteroatoms. The lowest BCUT2D eigenvalue weighted by molar-refractivity contribution is -0.128. The second kappa shape index (κ2) is 11.3. The third kappa shape index (κ3) is 6.11. The van der Waals surface area contributed by atoms with Gasteiger partial charge in [0.1, 0.15) is 29.6 Å². The van der Waals surface area contributed by atoms with Gasteiger partial charge < -0.3 is 14.8 Å². The van der Waals surface area contributed by atoms with Gasteiger partial charge in [0.05, 0.1) is 19.2 Å². The number of nitrogens with zero attached hydrogens (tertiary/aromatic N) is 4. The number of ether oxygens (including phenoxy) is 2. The zero-order valence-electron chi connectivity index (χ0n) is 22.3. The highest BCUT2D eigenvalue weighted by Crippen LogP contribution is 2.32. The van der Waals surface area contributed by atoms with Crippen LogP contribution in [0.4, 0.5) is 5.69 Å². The molecule has 4 rings (SSSR count). The van der Waals surface area contributed by atoms with Gasteiger partial charge in [0, 0.05) is 11.2 Å². The minimum absolute atomic E-state index is 0.114. The Morgan fingerprint density at radius 1 is 1.00 bits per heavy atom. The van der Waals surface area contributed by atoms with E-state index in [0.29, 0.717) is 34.9 Å². The summed E-state index contributed by atoms with van der Waals surface area (Å²) in [5, 5.41) is 11.4. The lowest BCUT2D eigenvalue weighted by Crippen LogP contribution is -2.50. The van der Waals surface area contributed by atoms with Crippen molar-refractivity contribution in [3.8, 4) is 11.5 Å². The fraction of sp³-hybridized carbons (Fsp3) is 0.310. The fourth-order valence-corrected chi connectivity index (χ4v) is 4.21. The van der Waals surface area contributed by atoms with Crippen molar-refractivity contribution in [3.05, 3.63) is 78.4 Å². The van der Waals surface area contributed by atoms with Gasteiger partial charge in [0.25, 0.3) is 0 Å². The molecule has 1 aromatic heterocycles. The molecule has 2 amide bonds. The van der Waals surface area contributed by atoms with Crippen LogP contribution in [0.15, 0.2) is 72.8 Å². The summed E-state index contributed by atoms with van der Waals surface area (Å²) in [6, 6.07) is 20.8. The molecule has 0 bridgehead atoms. The van der Waals surface area contributed by atoms with Gasteiger partial charge in [-0.3, -0.25) is 14.5 Å². The van der Waals surface area contributed by atoms with Crippen LogP contribution in [-0.4, -0.2) is 46.1 Å². The number of para-hydroxylation sites is 1. The quantitative estimate of drug-likeness (QED) is 0.352. The van der Waals surface area contributed by atoms with Crippen molar-refractivity contribution in [3.63, 3.8) is 0 Å². The van der Waals surface area contributed by atoms with Crippen LogP contribution in [0.25, 0.3) is 11.0 Å². The highest BCUT2D eigenvalue weighted by molar-refractivity contribution is 6.01. The second-order valence-electron chi connectivity index (χ2n) is 9.84. The van der Waals surface area contributed by atoms with E-state index in [1.165, 1.54) is 4.90 Å². The van der Waals surface area contributed by atoms with Gasteiger partial charge in [-0.25, -0.2) is 4.68 Å².